The Morgan fingerprint density at radius 2 is 1.86 bits per heavy atom. The summed E-state index contributed by atoms with van der Waals surface area (Å²) < 4.78 is 62.3. The van der Waals surface area contributed by atoms with E-state index in [1.54, 1.807) is 6.92 Å². The summed E-state index contributed by atoms with van der Waals surface area (Å²) in [5.74, 6) is -0.609. The average molecular weight is 338 g/mol. The van der Waals surface area contributed by atoms with E-state index in [4.69, 9.17) is 0 Å². The predicted molar refractivity (Wildman–Crippen MR) is 75.6 cm³/mol. The maximum Gasteiger partial charge on any atom is 0.416 e. The lowest BCUT2D eigenvalue weighted by Gasteiger charge is -2.17. The van der Waals surface area contributed by atoms with E-state index in [1.807, 2.05) is 4.72 Å². The molecule has 1 unspecified atom stereocenters. The van der Waals surface area contributed by atoms with Crippen LogP contribution >= 0.6 is 0 Å². The number of carbonyl (C=O) groups is 1. The van der Waals surface area contributed by atoms with Gasteiger partial charge in [-0.2, -0.15) is 13.2 Å². The van der Waals surface area contributed by atoms with Gasteiger partial charge < -0.3 is 5.32 Å². The first kappa shape index (κ1) is 18.4. The number of hydrogen-bond acceptors (Lipinski definition) is 3. The molecule has 0 radical (unpaired) electrons. The summed E-state index contributed by atoms with van der Waals surface area (Å²) in [5.41, 5.74) is -0.677. The number of nitrogens with one attached hydrogen (secondary N) is 2. The number of halogens is 3. The van der Waals surface area contributed by atoms with Gasteiger partial charge in [0.05, 0.1) is 18.4 Å². The van der Waals surface area contributed by atoms with Crippen LogP contribution in [-0.2, 0) is 27.4 Å². The number of sulfonamides is 1. The topological polar surface area (TPSA) is 75.3 Å². The molecule has 1 aromatic rings. The summed E-state index contributed by atoms with van der Waals surface area (Å²) in [6.45, 7) is 1.09. The Balaban J connectivity index is 2.66. The van der Waals surface area contributed by atoms with Gasteiger partial charge in [-0.05, 0) is 25.0 Å². The molecule has 0 heterocycles. The van der Waals surface area contributed by atoms with Crippen LogP contribution in [0.15, 0.2) is 24.3 Å². The van der Waals surface area contributed by atoms with Crippen molar-refractivity contribution >= 4 is 15.9 Å². The Morgan fingerprint density at radius 1 is 1.27 bits per heavy atom. The first-order valence-corrected chi connectivity index (χ1v) is 8.27. The molecule has 1 amide bonds. The number of alkyl halides is 3. The first-order chi connectivity index (χ1) is 9.99. The summed E-state index contributed by atoms with van der Waals surface area (Å²) >= 11 is 0. The highest BCUT2D eigenvalue weighted by atomic mass is 32.2. The zero-order chi connectivity index (χ0) is 17.0. The van der Waals surface area contributed by atoms with E-state index in [0.717, 1.165) is 12.3 Å². The van der Waals surface area contributed by atoms with E-state index in [1.165, 1.54) is 18.2 Å². The first-order valence-electron chi connectivity index (χ1n) is 6.38. The molecule has 0 fully saturated rings. The molecule has 0 aliphatic carbocycles. The fraction of sp³-hybridized carbons (Fsp3) is 0.462. The molecule has 22 heavy (non-hydrogen) atoms. The standard InChI is InChI=1S/C13H17F3N2O3S/c1-9(18-12(19)8-17-22(2,20)21)7-10-5-3-4-6-11(10)13(14,15)16/h3-6,9,17H,7-8H2,1-2H3,(H,18,19). The lowest BCUT2D eigenvalue weighted by molar-refractivity contribution is -0.138. The Bertz CT molecular complexity index is 630. The van der Waals surface area contributed by atoms with Crippen LogP contribution in [0.25, 0.3) is 0 Å². The van der Waals surface area contributed by atoms with Crippen LogP contribution in [0.1, 0.15) is 18.1 Å². The molecule has 1 rings (SSSR count). The molecular formula is C13H17F3N2O3S. The van der Waals surface area contributed by atoms with Crippen molar-refractivity contribution in [1.82, 2.24) is 10.0 Å². The van der Waals surface area contributed by atoms with E-state index < -0.39 is 40.3 Å². The third-order valence-corrected chi connectivity index (χ3v) is 3.42. The summed E-state index contributed by atoms with van der Waals surface area (Å²) in [4.78, 5) is 11.5. The summed E-state index contributed by atoms with van der Waals surface area (Å²) in [6.07, 6.45) is -3.57. The molecule has 124 valence electrons. The van der Waals surface area contributed by atoms with Gasteiger partial charge in [-0.15, -0.1) is 0 Å². The number of benzene rings is 1. The van der Waals surface area contributed by atoms with Crippen molar-refractivity contribution in [2.24, 2.45) is 0 Å². The Kier molecular flexibility index (Phi) is 5.95. The zero-order valence-corrected chi connectivity index (χ0v) is 12.9. The maximum absolute atomic E-state index is 12.8. The molecule has 2 N–H and O–H groups in total. The normalized spacial score (nSPS) is 13.7. The minimum Gasteiger partial charge on any atom is -0.352 e. The number of amides is 1. The molecule has 0 spiro atoms. The highest BCUT2D eigenvalue weighted by Gasteiger charge is 2.33. The quantitative estimate of drug-likeness (QED) is 0.821. The van der Waals surface area contributed by atoms with Crippen molar-refractivity contribution in [1.29, 1.82) is 0 Å². The van der Waals surface area contributed by atoms with Crippen LogP contribution in [0.4, 0.5) is 13.2 Å². The smallest absolute Gasteiger partial charge is 0.352 e. The van der Waals surface area contributed by atoms with Crippen LogP contribution < -0.4 is 10.0 Å². The van der Waals surface area contributed by atoms with Gasteiger partial charge >= 0.3 is 6.18 Å². The van der Waals surface area contributed by atoms with Crippen LogP contribution in [0.3, 0.4) is 0 Å². The van der Waals surface area contributed by atoms with E-state index >= 15 is 0 Å². The van der Waals surface area contributed by atoms with E-state index in [0.29, 0.717) is 0 Å². The second-order valence-corrected chi connectivity index (χ2v) is 6.75. The van der Waals surface area contributed by atoms with Crippen LogP contribution in [0.5, 0.6) is 0 Å². The van der Waals surface area contributed by atoms with Gasteiger partial charge in [-0.1, -0.05) is 18.2 Å². The molecule has 5 nitrogen and oxygen atoms in total. The van der Waals surface area contributed by atoms with Crippen molar-refractivity contribution < 1.29 is 26.4 Å². The van der Waals surface area contributed by atoms with Gasteiger partial charge in [-0.25, -0.2) is 13.1 Å². The Hall–Kier alpha value is -1.61. The Labute approximate surface area is 127 Å². The maximum atomic E-state index is 12.8. The average Bonchev–Trinajstić information content (AvgIpc) is 2.34. The SMILES string of the molecule is CC(Cc1ccccc1C(F)(F)F)NC(=O)CNS(C)(=O)=O. The molecule has 1 atom stereocenters. The van der Waals surface area contributed by atoms with Crippen molar-refractivity contribution in [3.8, 4) is 0 Å². The van der Waals surface area contributed by atoms with Gasteiger partial charge in [0.25, 0.3) is 0 Å². The van der Waals surface area contributed by atoms with E-state index in [2.05, 4.69) is 5.32 Å². The fourth-order valence-corrected chi connectivity index (χ4v) is 2.27. The summed E-state index contributed by atoms with van der Waals surface area (Å²) in [5, 5.41) is 2.45. The van der Waals surface area contributed by atoms with Crippen LogP contribution in [-0.4, -0.2) is 33.2 Å². The predicted octanol–water partition coefficient (Wildman–Crippen LogP) is 1.30. The van der Waals surface area contributed by atoms with Crippen molar-refractivity contribution in [2.45, 2.75) is 25.6 Å². The fourth-order valence-electron chi connectivity index (χ4n) is 1.88. The van der Waals surface area contributed by atoms with Gasteiger partial charge in [-0.3, -0.25) is 4.79 Å². The molecule has 0 saturated heterocycles. The number of hydrogen-bond donors (Lipinski definition) is 2. The molecule has 0 aliphatic rings. The summed E-state index contributed by atoms with van der Waals surface area (Å²) in [7, 11) is -3.50. The highest BCUT2D eigenvalue weighted by Crippen LogP contribution is 2.32. The number of carbonyl (C=O) groups excluding carboxylic acids is 1. The highest BCUT2D eigenvalue weighted by molar-refractivity contribution is 7.88. The largest absolute Gasteiger partial charge is 0.416 e. The van der Waals surface area contributed by atoms with Gasteiger partial charge in [0.15, 0.2) is 0 Å². The molecule has 0 saturated carbocycles. The Morgan fingerprint density at radius 3 is 2.41 bits per heavy atom. The van der Waals surface area contributed by atoms with E-state index in [-0.39, 0.29) is 12.0 Å². The third-order valence-electron chi connectivity index (χ3n) is 2.75. The number of rotatable bonds is 6. The van der Waals surface area contributed by atoms with Crippen LogP contribution in [0, 0.1) is 0 Å². The van der Waals surface area contributed by atoms with Crippen molar-refractivity contribution in [2.75, 3.05) is 12.8 Å². The van der Waals surface area contributed by atoms with E-state index in [9.17, 15) is 26.4 Å². The third kappa shape index (κ3) is 6.44. The van der Waals surface area contributed by atoms with Crippen molar-refractivity contribution in [3.63, 3.8) is 0 Å². The van der Waals surface area contributed by atoms with Crippen molar-refractivity contribution in [3.05, 3.63) is 35.4 Å². The minimum atomic E-state index is -4.46. The lowest BCUT2D eigenvalue weighted by Crippen LogP contribution is -2.41. The van der Waals surface area contributed by atoms with Gasteiger partial charge in [0.1, 0.15) is 0 Å². The lowest BCUT2D eigenvalue weighted by atomic mass is 10.0. The molecular weight excluding hydrogens is 321 g/mol. The zero-order valence-electron chi connectivity index (χ0n) is 12.1. The second-order valence-electron chi connectivity index (χ2n) is 4.92. The molecule has 0 aromatic heterocycles. The molecule has 9 heteroatoms. The van der Waals surface area contributed by atoms with Crippen LogP contribution in [0.2, 0.25) is 0 Å². The second kappa shape index (κ2) is 7.10. The van der Waals surface area contributed by atoms with Gasteiger partial charge in [0, 0.05) is 6.04 Å². The molecule has 0 bridgehead atoms. The monoisotopic (exact) mass is 338 g/mol. The molecule has 1 aromatic carbocycles. The van der Waals surface area contributed by atoms with Gasteiger partial charge in [0.2, 0.25) is 15.9 Å². The summed E-state index contributed by atoms with van der Waals surface area (Å²) in [6, 6.07) is 4.54. The minimum absolute atomic E-state index is 0.0136. The molecule has 0 aliphatic heterocycles.